The van der Waals surface area contributed by atoms with E-state index in [4.69, 9.17) is 5.53 Å². The molecule has 0 spiro atoms. The summed E-state index contributed by atoms with van der Waals surface area (Å²) in [6.07, 6.45) is 14.9. The van der Waals surface area contributed by atoms with E-state index in [1.807, 2.05) is 75.6 Å². The van der Waals surface area contributed by atoms with Crippen molar-refractivity contribution < 1.29 is 62.9 Å². The van der Waals surface area contributed by atoms with Crippen LogP contribution in [-0.2, 0) is 55.4 Å². The van der Waals surface area contributed by atoms with E-state index in [0.717, 1.165) is 60.5 Å². The maximum Gasteiger partial charge on any atom is 0.219 e. The van der Waals surface area contributed by atoms with Gasteiger partial charge in [-0.25, -0.2) is 25.3 Å². The first-order valence-electron chi connectivity index (χ1n) is 22.5. The predicted octanol–water partition coefficient (Wildman–Crippen LogP) is 7.67. The molecule has 0 radical (unpaired) electrons. The first-order chi connectivity index (χ1) is 33.0. The Bertz CT molecular complexity index is 3220. The minimum atomic E-state index is -5.23. The molecule has 0 atom stereocenters. The van der Waals surface area contributed by atoms with Crippen molar-refractivity contribution in [2.45, 2.75) is 116 Å². The van der Waals surface area contributed by atoms with Gasteiger partial charge in [0, 0.05) is 82.2 Å². The molecule has 2 heterocycles. The van der Waals surface area contributed by atoms with E-state index in [1.54, 1.807) is 12.1 Å². The monoisotopic (exact) mass is 1040 g/mol. The second-order valence-electron chi connectivity index (χ2n) is 17.9. The maximum absolute atomic E-state index is 12.6. The zero-order valence-corrected chi connectivity index (χ0v) is 42.4. The Hall–Kier alpha value is -5.17. The number of unbranched alkanes of at least 4 members (excludes halogenated alkanes) is 5. The van der Waals surface area contributed by atoms with Crippen LogP contribution in [-0.4, -0.2) is 81.3 Å². The third-order valence-corrected chi connectivity index (χ3v) is 15.8. The molecule has 4 aromatic carbocycles. The third kappa shape index (κ3) is 11.8. The molecule has 0 saturated carbocycles. The molecule has 4 aromatic rings. The molecule has 1 amide bonds. The van der Waals surface area contributed by atoms with Gasteiger partial charge < -0.3 is 29.1 Å². The van der Waals surface area contributed by atoms with E-state index in [0.29, 0.717) is 92.0 Å². The number of carbonyl (C=O) groups is 1. The molecule has 70 heavy (non-hydrogen) atoms. The molecule has 0 aliphatic carbocycles. The summed E-state index contributed by atoms with van der Waals surface area (Å²) in [6, 6.07) is 10.9. The van der Waals surface area contributed by atoms with Gasteiger partial charge in [0.15, 0.2) is 5.71 Å². The highest BCUT2D eigenvalue weighted by molar-refractivity contribution is 7.94. The summed E-state index contributed by atoms with van der Waals surface area (Å²) >= 11 is 0.488. The molecule has 0 aromatic heterocycles. The molecule has 0 saturated heterocycles. The van der Waals surface area contributed by atoms with Crippen LogP contribution in [0.25, 0.3) is 32.0 Å². The van der Waals surface area contributed by atoms with Crippen LogP contribution in [0.15, 0.2) is 109 Å². The largest absolute Gasteiger partial charge is 0.744 e. The number of azide groups is 1. The van der Waals surface area contributed by atoms with Gasteiger partial charge in [0.1, 0.15) is 36.9 Å². The Kier molecular flexibility index (Phi) is 17.1. The van der Waals surface area contributed by atoms with Gasteiger partial charge in [0.2, 0.25) is 11.6 Å². The highest BCUT2D eigenvalue weighted by Gasteiger charge is 2.46. The van der Waals surface area contributed by atoms with Gasteiger partial charge in [0.25, 0.3) is 0 Å². The quantitative estimate of drug-likeness (QED) is 0.00712. The van der Waals surface area contributed by atoms with Crippen molar-refractivity contribution in [1.29, 1.82) is 0 Å². The zero-order chi connectivity index (χ0) is 51.2. The predicted molar refractivity (Wildman–Crippen MR) is 259 cm³/mol. The standard InChI is InChI=1S/C47H56N6O13S4/c1-6-52-37-22-20-33-35(27-31(68(56,57)58)29-39(33)67-66-65-55)44(37)46(2,3)41(52)17-11-9-12-18-42-47(4,5)45-36-28-32(69(59,60)61)30-40(70(62,63)64)34(36)21-23-38(45)53(42)26-16-10-13-19-43(54)49-24-14-7-8-15-25-50-51-48/h9,11-12,17-18,20-23,27-30H,6-8,10,13-16,19,24-26H2,1-5H3,(H4-,49,54,55,56,57,58,59,60,61,62,63,64)/p-3. The van der Waals surface area contributed by atoms with Crippen molar-refractivity contribution in [3.8, 4) is 0 Å². The van der Waals surface area contributed by atoms with Crippen LogP contribution in [0.5, 0.6) is 0 Å². The number of fused-ring (bicyclic) bond motifs is 6. The molecule has 2 aliphatic heterocycles. The van der Waals surface area contributed by atoms with E-state index in [2.05, 4.69) is 29.6 Å². The average molecular weight is 1040 g/mol. The second-order valence-corrected chi connectivity index (χ2v) is 22.7. The topological polar surface area (TPSA) is 297 Å². The number of carbonyl (C=O) groups excluding carboxylic acids is 1. The van der Waals surface area contributed by atoms with Crippen LogP contribution < -0.4 is 15.5 Å². The number of nitrogens with one attached hydrogen (secondary N) is 1. The Morgan fingerprint density at radius 1 is 0.800 bits per heavy atom. The molecule has 6 rings (SSSR count). The number of anilines is 1. The first kappa shape index (κ1) is 54.2. The molecular formula is C47H53N6O13S4-3. The van der Waals surface area contributed by atoms with Gasteiger partial charge in [-0.15, -0.1) is 0 Å². The number of nitrogens with zero attached hydrogens (tertiary/aromatic N) is 5. The van der Waals surface area contributed by atoms with E-state index in [1.165, 1.54) is 12.1 Å². The fourth-order valence-electron chi connectivity index (χ4n) is 9.59. The van der Waals surface area contributed by atoms with Crippen molar-refractivity contribution in [2.75, 3.05) is 31.1 Å². The minimum absolute atomic E-state index is 0.0239. The summed E-state index contributed by atoms with van der Waals surface area (Å²) in [5.41, 5.74) is 11.0. The number of hydrogen-bond acceptors (Lipinski definition) is 16. The van der Waals surface area contributed by atoms with Crippen LogP contribution in [0.4, 0.5) is 11.4 Å². The van der Waals surface area contributed by atoms with Crippen molar-refractivity contribution in [1.82, 2.24) is 5.32 Å². The Labute approximate surface area is 411 Å². The van der Waals surface area contributed by atoms with Crippen molar-refractivity contribution >= 4 is 86.9 Å². The zero-order valence-electron chi connectivity index (χ0n) is 39.2. The van der Waals surface area contributed by atoms with Crippen LogP contribution in [0.3, 0.4) is 0 Å². The lowest BCUT2D eigenvalue weighted by molar-refractivity contribution is -0.777. The summed E-state index contributed by atoms with van der Waals surface area (Å²) in [5, 5.41) is 21.8. The van der Waals surface area contributed by atoms with Gasteiger partial charge in [-0.1, -0.05) is 56.1 Å². The fraction of sp³-hybridized carbons (Fsp3) is 0.404. The maximum atomic E-state index is 12.6. The molecule has 0 fully saturated rings. The number of likely N-dealkylation sites (N-methyl/N-ethyl adjacent to an activating group) is 1. The summed E-state index contributed by atoms with van der Waals surface area (Å²) in [4.78, 5) is 15.4. The van der Waals surface area contributed by atoms with E-state index in [-0.39, 0.29) is 21.6 Å². The number of benzene rings is 4. The summed E-state index contributed by atoms with van der Waals surface area (Å²) in [7, 11) is -15.3. The van der Waals surface area contributed by atoms with Crippen molar-refractivity contribution in [2.24, 2.45) is 5.11 Å². The van der Waals surface area contributed by atoms with Gasteiger partial charge in [-0.05, 0) is 116 Å². The van der Waals surface area contributed by atoms with Crippen LogP contribution in [0.2, 0.25) is 0 Å². The van der Waals surface area contributed by atoms with Gasteiger partial charge in [0.05, 0.1) is 32.1 Å². The highest BCUT2D eigenvalue weighted by Crippen LogP contribution is 2.52. The SMILES string of the molecule is CCN1C(=CC=CC=CC2=[N+](CCCCCC(=O)NCCCCCCN=[N+]=[N-])c3ccc4c(S(=O)(=O)[O-])cc(S(=O)(=O)[O-])cc4c3C2(C)C)C(C)(C)c2c1ccc1c(SOO[O-])cc(S(=O)(=O)[O-])cc21. The number of allylic oxidation sites excluding steroid dienone is 6. The molecule has 0 unspecified atom stereocenters. The molecule has 19 nitrogen and oxygen atoms in total. The van der Waals surface area contributed by atoms with Crippen LogP contribution >= 0.6 is 12.0 Å². The second kappa shape index (κ2) is 22.1. The summed E-state index contributed by atoms with van der Waals surface area (Å²) in [6.45, 7) is 11.6. The van der Waals surface area contributed by atoms with Gasteiger partial charge in [-0.3, -0.25) is 9.83 Å². The highest BCUT2D eigenvalue weighted by atomic mass is 32.2. The van der Waals surface area contributed by atoms with E-state index >= 15 is 0 Å². The van der Waals surface area contributed by atoms with Crippen molar-refractivity contribution in [3.05, 3.63) is 106 Å². The number of rotatable bonds is 23. The molecule has 23 heteroatoms. The lowest BCUT2D eigenvalue weighted by Crippen LogP contribution is -2.28. The van der Waals surface area contributed by atoms with Crippen LogP contribution in [0, 0.1) is 0 Å². The van der Waals surface area contributed by atoms with Gasteiger partial charge >= 0.3 is 0 Å². The Morgan fingerprint density at radius 3 is 2.11 bits per heavy atom. The summed E-state index contributed by atoms with van der Waals surface area (Å²) < 4.78 is 118. The van der Waals surface area contributed by atoms with Crippen molar-refractivity contribution in [3.63, 3.8) is 0 Å². The molecule has 0 bridgehead atoms. The Balaban J connectivity index is 1.31. The summed E-state index contributed by atoms with van der Waals surface area (Å²) in [5.74, 6) is -0.0615. The van der Waals surface area contributed by atoms with Crippen LogP contribution in [0.1, 0.15) is 97.1 Å². The molecule has 376 valence electrons. The average Bonchev–Trinajstić information content (AvgIpc) is 3.65. The normalized spacial score (nSPS) is 16.2. The number of amides is 1. The van der Waals surface area contributed by atoms with E-state index in [9.17, 15) is 49.0 Å². The molecular weight excluding hydrogens is 985 g/mol. The third-order valence-electron chi connectivity index (χ3n) is 12.7. The number of hydrogen-bond donors (Lipinski definition) is 1. The Morgan fingerprint density at radius 2 is 1.46 bits per heavy atom. The van der Waals surface area contributed by atoms with Gasteiger partial charge in [-0.2, -0.15) is 8.91 Å². The lowest BCUT2D eigenvalue weighted by Gasteiger charge is -2.26. The molecule has 1 N–H and O–H groups in total. The fourth-order valence-corrected chi connectivity index (χ4v) is 12.0. The van der Waals surface area contributed by atoms with E-state index < -0.39 is 55.9 Å². The lowest BCUT2D eigenvalue weighted by atomic mass is 9.79. The minimum Gasteiger partial charge on any atom is -0.744 e. The first-order valence-corrected chi connectivity index (χ1v) is 27.4. The molecule has 2 aliphatic rings. The smallest absolute Gasteiger partial charge is 0.219 e.